The van der Waals surface area contributed by atoms with Crippen molar-refractivity contribution in [2.45, 2.75) is 38.1 Å². The van der Waals surface area contributed by atoms with Crippen LogP contribution in [0.25, 0.3) is 11.4 Å². The third-order valence-corrected chi connectivity index (χ3v) is 3.99. The van der Waals surface area contributed by atoms with E-state index in [0.717, 1.165) is 37.8 Å². The van der Waals surface area contributed by atoms with E-state index in [-0.39, 0.29) is 11.2 Å². The molecule has 1 aliphatic rings. The van der Waals surface area contributed by atoms with Crippen LogP contribution in [0.2, 0.25) is 0 Å². The molecule has 0 radical (unpaired) electrons. The minimum atomic E-state index is -0.975. The number of halogens is 2. The summed E-state index contributed by atoms with van der Waals surface area (Å²) >= 11 is 0. The first kappa shape index (κ1) is 13.0. The van der Waals surface area contributed by atoms with Gasteiger partial charge >= 0.3 is 0 Å². The van der Waals surface area contributed by atoms with Crippen molar-refractivity contribution in [3.05, 3.63) is 23.8 Å². The maximum absolute atomic E-state index is 13.4. The molecule has 2 aromatic rings. The van der Waals surface area contributed by atoms with Crippen molar-refractivity contribution < 1.29 is 8.78 Å². The topological polar surface area (TPSA) is 69.6 Å². The smallest absolute Gasteiger partial charge is 0.184 e. The molecule has 0 bridgehead atoms. The fraction of sp³-hybridized carbons (Fsp3) is 0.462. The molecule has 1 fully saturated rings. The molecule has 1 aliphatic carbocycles. The van der Waals surface area contributed by atoms with Crippen LogP contribution >= 0.6 is 0 Å². The van der Waals surface area contributed by atoms with E-state index in [4.69, 9.17) is 5.73 Å². The molecule has 2 N–H and O–H groups in total. The lowest BCUT2D eigenvalue weighted by Gasteiger charge is -2.24. The normalized spacial score (nSPS) is 17.6. The molecular formula is C13H15F2N5. The molecule has 0 aliphatic heterocycles. The molecule has 7 heteroatoms. The summed E-state index contributed by atoms with van der Waals surface area (Å²) < 4.78 is 28.3. The summed E-state index contributed by atoms with van der Waals surface area (Å²) in [5, 5.41) is 11.6. The van der Waals surface area contributed by atoms with Crippen LogP contribution in [0.3, 0.4) is 0 Å². The van der Waals surface area contributed by atoms with Crippen molar-refractivity contribution in [1.82, 2.24) is 20.2 Å². The molecule has 0 spiro atoms. The second-order valence-electron chi connectivity index (χ2n) is 5.47. The number of tetrazole rings is 1. The second-order valence-corrected chi connectivity index (χ2v) is 5.47. The Balaban J connectivity index is 2.13. The highest BCUT2D eigenvalue weighted by atomic mass is 19.2. The van der Waals surface area contributed by atoms with Gasteiger partial charge in [0.15, 0.2) is 17.5 Å². The van der Waals surface area contributed by atoms with Crippen LogP contribution in [0.15, 0.2) is 12.1 Å². The van der Waals surface area contributed by atoms with Gasteiger partial charge < -0.3 is 5.73 Å². The maximum atomic E-state index is 13.4. The molecule has 20 heavy (non-hydrogen) atoms. The Kier molecular flexibility index (Phi) is 2.92. The van der Waals surface area contributed by atoms with Crippen molar-refractivity contribution in [3.8, 4) is 11.4 Å². The highest BCUT2D eigenvalue weighted by molar-refractivity contribution is 5.71. The number of rotatable bonds is 2. The van der Waals surface area contributed by atoms with Gasteiger partial charge in [-0.2, -0.15) is 0 Å². The highest BCUT2D eigenvalue weighted by Gasteiger charge is 2.34. The molecule has 0 saturated heterocycles. The fourth-order valence-corrected chi connectivity index (χ4v) is 2.82. The van der Waals surface area contributed by atoms with Crippen molar-refractivity contribution in [2.24, 2.45) is 0 Å². The quantitative estimate of drug-likeness (QED) is 0.857. The minimum Gasteiger partial charge on any atom is -0.398 e. The first-order chi connectivity index (χ1) is 9.51. The van der Waals surface area contributed by atoms with E-state index in [1.165, 1.54) is 0 Å². The lowest BCUT2D eigenvalue weighted by atomic mass is 10.00. The van der Waals surface area contributed by atoms with Crippen LogP contribution < -0.4 is 5.73 Å². The Morgan fingerprint density at radius 3 is 2.55 bits per heavy atom. The number of nitrogen functional groups attached to an aromatic ring is 1. The molecule has 1 aromatic heterocycles. The molecule has 5 nitrogen and oxygen atoms in total. The number of hydrogen-bond acceptors (Lipinski definition) is 4. The van der Waals surface area contributed by atoms with E-state index >= 15 is 0 Å². The standard InChI is InChI=1S/C13H15F2N5/c1-13(4-2-3-5-13)20-12(17-18-19-20)8-6-9(14)10(15)7-11(8)16/h6-7H,2-5,16H2,1H3. The van der Waals surface area contributed by atoms with Crippen LogP contribution in [-0.2, 0) is 5.54 Å². The highest BCUT2D eigenvalue weighted by Crippen LogP contribution is 2.38. The van der Waals surface area contributed by atoms with Crippen LogP contribution in [-0.4, -0.2) is 20.2 Å². The average molecular weight is 279 g/mol. The molecule has 3 rings (SSSR count). The third kappa shape index (κ3) is 1.93. The van der Waals surface area contributed by atoms with Crippen molar-refractivity contribution in [3.63, 3.8) is 0 Å². The van der Waals surface area contributed by atoms with E-state index in [1.807, 2.05) is 0 Å². The minimum absolute atomic E-state index is 0.126. The van der Waals surface area contributed by atoms with E-state index in [0.29, 0.717) is 11.4 Å². The molecule has 0 atom stereocenters. The first-order valence-electron chi connectivity index (χ1n) is 6.55. The van der Waals surface area contributed by atoms with Gasteiger partial charge in [-0.3, -0.25) is 0 Å². The van der Waals surface area contributed by atoms with Crippen LogP contribution in [0.4, 0.5) is 14.5 Å². The number of hydrogen-bond donors (Lipinski definition) is 1. The van der Waals surface area contributed by atoms with Crippen LogP contribution in [0.5, 0.6) is 0 Å². The summed E-state index contributed by atoms with van der Waals surface area (Å²) in [7, 11) is 0. The van der Waals surface area contributed by atoms with E-state index < -0.39 is 11.6 Å². The van der Waals surface area contributed by atoms with E-state index in [1.54, 1.807) is 4.68 Å². The molecule has 1 saturated carbocycles. The molecule has 106 valence electrons. The Hall–Kier alpha value is -2.05. The largest absolute Gasteiger partial charge is 0.398 e. The van der Waals surface area contributed by atoms with Crippen LogP contribution in [0.1, 0.15) is 32.6 Å². The second kappa shape index (κ2) is 4.50. The predicted octanol–water partition coefficient (Wildman–Crippen LogP) is 2.49. The number of nitrogens with two attached hydrogens (primary N) is 1. The van der Waals surface area contributed by atoms with Gasteiger partial charge in [0.1, 0.15) is 0 Å². The molecular weight excluding hydrogens is 264 g/mol. The summed E-state index contributed by atoms with van der Waals surface area (Å²) in [4.78, 5) is 0. The lowest BCUT2D eigenvalue weighted by Crippen LogP contribution is -2.28. The van der Waals surface area contributed by atoms with Gasteiger partial charge in [0.25, 0.3) is 0 Å². The number of benzene rings is 1. The molecule has 0 unspecified atom stereocenters. The SMILES string of the molecule is CC1(n2nnnc2-c2cc(F)c(F)cc2N)CCCC1. The van der Waals surface area contributed by atoms with Crippen molar-refractivity contribution in [2.75, 3.05) is 5.73 Å². The zero-order valence-electron chi connectivity index (χ0n) is 11.1. The summed E-state index contributed by atoms with van der Waals surface area (Å²) in [5.74, 6) is -1.55. The zero-order chi connectivity index (χ0) is 14.3. The summed E-state index contributed by atoms with van der Waals surface area (Å²) in [6.45, 7) is 2.07. The van der Waals surface area contributed by atoms with Gasteiger partial charge in [0.2, 0.25) is 0 Å². The monoisotopic (exact) mass is 279 g/mol. The fourth-order valence-electron chi connectivity index (χ4n) is 2.82. The average Bonchev–Trinajstić information content (AvgIpc) is 3.03. The Bertz CT molecular complexity index is 646. The van der Waals surface area contributed by atoms with Gasteiger partial charge in [-0.05, 0) is 36.3 Å². The molecule has 1 heterocycles. The van der Waals surface area contributed by atoms with Gasteiger partial charge in [-0.15, -0.1) is 5.10 Å². The zero-order valence-corrected chi connectivity index (χ0v) is 11.1. The summed E-state index contributed by atoms with van der Waals surface area (Å²) in [6, 6.07) is 2.01. The Morgan fingerprint density at radius 2 is 1.85 bits per heavy atom. The van der Waals surface area contributed by atoms with Gasteiger partial charge in [0.05, 0.1) is 5.54 Å². The molecule has 1 aromatic carbocycles. The lowest BCUT2D eigenvalue weighted by molar-refractivity contribution is 0.292. The Morgan fingerprint density at radius 1 is 1.20 bits per heavy atom. The van der Waals surface area contributed by atoms with Crippen LogP contribution in [0, 0.1) is 11.6 Å². The van der Waals surface area contributed by atoms with Gasteiger partial charge in [-0.1, -0.05) is 12.8 Å². The number of anilines is 1. The van der Waals surface area contributed by atoms with Crippen molar-refractivity contribution >= 4 is 5.69 Å². The third-order valence-electron chi connectivity index (χ3n) is 3.99. The summed E-state index contributed by atoms with van der Waals surface area (Å²) in [5.41, 5.74) is 6.03. The van der Waals surface area contributed by atoms with E-state index in [2.05, 4.69) is 22.4 Å². The van der Waals surface area contributed by atoms with Gasteiger partial charge in [-0.25, -0.2) is 13.5 Å². The van der Waals surface area contributed by atoms with Crippen molar-refractivity contribution in [1.29, 1.82) is 0 Å². The predicted molar refractivity (Wildman–Crippen MR) is 69.7 cm³/mol. The van der Waals surface area contributed by atoms with E-state index in [9.17, 15) is 8.78 Å². The number of aromatic nitrogens is 4. The maximum Gasteiger partial charge on any atom is 0.184 e. The van der Waals surface area contributed by atoms with Gasteiger partial charge in [0, 0.05) is 17.3 Å². The first-order valence-corrected chi connectivity index (χ1v) is 6.55. The number of nitrogens with zero attached hydrogens (tertiary/aromatic N) is 4. The summed E-state index contributed by atoms with van der Waals surface area (Å²) in [6.07, 6.45) is 4.11. The Labute approximate surface area is 114 Å². The molecule has 0 amide bonds.